The molecule has 11 nitrogen and oxygen atoms in total. The van der Waals surface area contributed by atoms with Crippen molar-refractivity contribution in [2.24, 2.45) is 4.36 Å². The summed E-state index contributed by atoms with van der Waals surface area (Å²) in [5.74, 6) is -1.11. The number of benzene rings is 1. The number of nitrogens with zero attached hydrogens (tertiary/aromatic N) is 6. The molecule has 200 valence electrons. The smallest absolute Gasteiger partial charge is 0.274 e. The molecule has 4 aromatic rings. The van der Waals surface area contributed by atoms with E-state index >= 15 is 0 Å². The lowest BCUT2D eigenvalue weighted by Gasteiger charge is -2.15. The maximum absolute atomic E-state index is 13.7. The number of aryl methyl sites for hydroxylation is 2. The predicted octanol–water partition coefficient (Wildman–Crippen LogP) is 5.34. The fourth-order valence-corrected chi connectivity index (χ4v) is 5.95. The minimum atomic E-state index is -2.93. The summed E-state index contributed by atoms with van der Waals surface area (Å²) >= 11 is 11.1. The Kier molecular flexibility index (Phi) is 8.45. The van der Waals surface area contributed by atoms with Gasteiger partial charge in [0.2, 0.25) is 6.19 Å². The van der Waals surface area contributed by atoms with Crippen molar-refractivity contribution in [3.05, 3.63) is 79.6 Å². The highest BCUT2D eigenvalue weighted by Gasteiger charge is 2.24. The molecule has 2 N–H and O–H groups in total. The number of pyridine rings is 1. The average molecular weight is 648 g/mol. The SMILES string of the molecule is Cc1cnc(NC(=O)c2cc(Br)cc(C)c2NC(=O)c2cc(CS(C)(=O)=NC#N)nn2-c2ncccc2Cl)s1. The quantitative estimate of drug-likeness (QED) is 0.257. The second kappa shape index (κ2) is 11.6. The molecule has 0 aliphatic carbocycles. The van der Waals surface area contributed by atoms with Gasteiger partial charge in [-0.1, -0.05) is 27.5 Å². The van der Waals surface area contributed by atoms with Crippen LogP contribution in [-0.4, -0.2) is 42.0 Å². The van der Waals surface area contributed by atoms with Crippen molar-refractivity contribution in [1.82, 2.24) is 19.7 Å². The Labute approximate surface area is 241 Å². The molecule has 0 aliphatic rings. The molecule has 0 aliphatic heterocycles. The molecule has 0 fully saturated rings. The van der Waals surface area contributed by atoms with Gasteiger partial charge in [0.25, 0.3) is 11.8 Å². The average Bonchev–Trinajstić information content (AvgIpc) is 3.46. The number of halogens is 2. The van der Waals surface area contributed by atoms with Crippen molar-refractivity contribution >= 4 is 71.2 Å². The first-order valence-corrected chi connectivity index (χ1v) is 15.2. The van der Waals surface area contributed by atoms with E-state index in [-0.39, 0.29) is 39.2 Å². The van der Waals surface area contributed by atoms with Gasteiger partial charge in [-0.25, -0.2) is 18.9 Å². The molecule has 3 aromatic heterocycles. The van der Waals surface area contributed by atoms with Crippen LogP contribution in [0, 0.1) is 25.3 Å². The molecular formula is C24H20BrClN8O3S2. The topological polar surface area (TPSA) is 155 Å². The summed E-state index contributed by atoms with van der Waals surface area (Å²) in [6.07, 6.45) is 6.00. The number of thiazole rings is 1. The van der Waals surface area contributed by atoms with Crippen LogP contribution in [0.1, 0.15) is 37.0 Å². The second-order valence-corrected chi connectivity index (χ2v) is 13.3. The van der Waals surface area contributed by atoms with Gasteiger partial charge in [-0.15, -0.1) is 15.7 Å². The van der Waals surface area contributed by atoms with Crippen molar-refractivity contribution in [3.8, 4) is 12.0 Å². The van der Waals surface area contributed by atoms with Crippen LogP contribution in [0.2, 0.25) is 5.02 Å². The Balaban J connectivity index is 1.76. The zero-order chi connectivity index (χ0) is 28.3. The molecule has 0 spiro atoms. The van der Waals surface area contributed by atoms with Gasteiger partial charge in [-0.05, 0) is 49.7 Å². The van der Waals surface area contributed by atoms with Crippen LogP contribution < -0.4 is 10.6 Å². The third-order valence-corrected chi connectivity index (χ3v) is 8.09. The normalized spacial score (nSPS) is 12.3. The van der Waals surface area contributed by atoms with Gasteiger partial charge in [0.1, 0.15) is 5.69 Å². The highest BCUT2D eigenvalue weighted by Crippen LogP contribution is 2.29. The zero-order valence-electron chi connectivity index (χ0n) is 20.7. The van der Waals surface area contributed by atoms with E-state index < -0.39 is 21.5 Å². The largest absolute Gasteiger partial charge is 0.320 e. The van der Waals surface area contributed by atoms with Gasteiger partial charge in [0.05, 0.1) is 37.4 Å². The van der Waals surface area contributed by atoms with E-state index in [1.165, 1.54) is 34.5 Å². The van der Waals surface area contributed by atoms with Gasteiger partial charge < -0.3 is 5.32 Å². The molecule has 39 heavy (non-hydrogen) atoms. The summed E-state index contributed by atoms with van der Waals surface area (Å²) in [5, 5.41) is 19.5. The molecule has 2 amide bonds. The number of nitriles is 1. The van der Waals surface area contributed by atoms with Gasteiger partial charge >= 0.3 is 0 Å². The van der Waals surface area contributed by atoms with E-state index in [1.54, 1.807) is 43.6 Å². The molecule has 0 bridgehead atoms. The van der Waals surface area contributed by atoms with Gasteiger partial charge in [-0.3, -0.25) is 14.9 Å². The first kappa shape index (κ1) is 28.4. The lowest BCUT2D eigenvalue weighted by Crippen LogP contribution is -2.21. The number of aromatic nitrogens is 4. The Bertz CT molecular complexity index is 1770. The Hall–Kier alpha value is -3.64. The van der Waals surface area contributed by atoms with Crippen molar-refractivity contribution in [1.29, 1.82) is 5.26 Å². The summed E-state index contributed by atoms with van der Waals surface area (Å²) in [5.41, 5.74) is 1.34. The van der Waals surface area contributed by atoms with Crippen molar-refractivity contribution in [2.45, 2.75) is 19.6 Å². The summed E-state index contributed by atoms with van der Waals surface area (Å²) in [6.45, 7) is 3.62. The summed E-state index contributed by atoms with van der Waals surface area (Å²) in [7, 11) is -2.93. The van der Waals surface area contributed by atoms with Crippen LogP contribution in [0.3, 0.4) is 0 Å². The Morgan fingerprint density at radius 1 is 1.23 bits per heavy atom. The van der Waals surface area contributed by atoms with Gasteiger partial charge in [0, 0.05) is 28.0 Å². The van der Waals surface area contributed by atoms with Crippen molar-refractivity contribution in [2.75, 3.05) is 16.9 Å². The minimum absolute atomic E-state index is 0.0157. The molecule has 15 heteroatoms. The lowest BCUT2D eigenvalue weighted by molar-refractivity contribution is 0.101. The summed E-state index contributed by atoms with van der Waals surface area (Å²) in [6, 6.07) is 7.98. The third-order valence-electron chi connectivity index (χ3n) is 5.21. The van der Waals surface area contributed by atoms with E-state index in [1.807, 2.05) is 6.92 Å². The predicted molar refractivity (Wildman–Crippen MR) is 154 cm³/mol. The number of carbonyl (C=O) groups is 2. The molecule has 0 saturated heterocycles. The highest BCUT2D eigenvalue weighted by molar-refractivity contribution is 9.10. The molecule has 1 aromatic carbocycles. The van der Waals surface area contributed by atoms with Crippen LogP contribution in [-0.2, 0) is 15.5 Å². The van der Waals surface area contributed by atoms with Crippen LogP contribution in [0.5, 0.6) is 0 Å². The van der Waals surface area contributed by atoms with E-state index in [0.717, 1.165) is 4.88 Å². The second-order valence-electron chi connectivity index (χ2n) is 8.37. The van der Waals surface area contributed by atoms with Gasteiger partial charge in [0.15, 0.2) is 10.9 Å². The molecule has 1 atom stereocenters. The fourth-order valence-electron chi connectivity index (χ4n) is 3.59. The molecule has 0 saturated carbocycles. The van der Waals surface area contributed by atoms with Crippen LogP contribution in [0.4, 0.5) is 10.8 Å². The number of nitrogens with one attached hydrogen (secondary N) is 2. The maximum atomic E-state index is 13.7. The number of anilines is 2. The Morgan fingerprint density at radius 2 is 2.00 bits per heavy atom. The first-order chi connectivity index (χ1) is 18.5. The standard InChI is InChI=1S/C24H20BrClN8O3S2/c1-13-7-15(25)8-17(22(35)32-24-29-10-14(2)38-24)20(13)31-23(36)19-9-16(11-39(3,37)30-12-27)33-34(19)21-18(26)5-4-6-28-21/h4-10H,11H2,1-3H3,(H,31,36)(H,29,32,35). The number of hydrogen-bond donors (Lipinski definition) is 2. The van der Waals surface area contributed by atoms with Crippen LogP contribution >= 0.6 is 38.9 Å². The lowest BCUT2D eigenvalue weighted by atomic mass is 10.1. The third kappa shape index (κ3) is 6.69. The van der Waals surface area contributed by atoms with E-state index in [4.69, 9.17) is 16.9 Å². The van der Waals surface area contributed by atoms with Crippen molar-refractivity contribution in [3.63, 3.8) is 0 Å². The van der Waals surface area contributed by atoms with E-state index in [0.29, 0.717) is 15.2 Å². The summed E-state index contributed by atoms with van der Waals surface area (Å²) < 4.78 is 18.0. The fraction of sp³-hybridized carbons (Fsp3) is 0.167. The number of hydrogen-bond acceptors (Lipinski definition) is 9. The van der Waals surface area contributed by atoms with Crippen LogP contribution in [0.15, 0.2) is 51.6 Å². The van der Waals surface area contributed by atoms with E-state index in [9.17, 15) is 13.8 Å². The molecule has 4 rings (SSSR count). The summed E-state index contributed by atoms with van der Waals surface area (Å²) in [4.78, 5) is 36.2. The Morgan fingerprint density at radius 3 is 2.67 bits per heavy atom. The highest BCUT2D eigenvalue weighted by atomic mass is 79.9. The minimum Gasteiger partial charge on any atom is -0.320 e. The zero-order valence-corrected chi connectivity index (χ0v) is 24.7. The van der Waals surface area contributed by atoms with Gasteiger partial charge in [-0.2, -0.15) is 10.4 Å². The maximum Gasteiger partial charge on any atom is 0.274 e. The number of carbonyl (C=O) groups excluding carboxylic acids is 2. The van der Waals surface area contributed by atoms with Crippen molar-refractivity contribution < 1.29 is 13.8 Å². The molecule has 1 unspecified atom stereocenters. The first-order valence-electron chi connectivity index (χ1n) is 11.1. The van der Waals surface area contributed by atoms with Crippen LogP contribution in [0.25, 0.3) is 5.82 Å². The van der Waals surface area contributed by atoms with E-state index in [2.05, 4.69) is 46.0 Å². The molecule has 0 radical (unpaired) electrons. The molecular weight excluding hydrogens is 628 g/mol. The number of rotatable bonds is 7. The number of amides is 2. The monoisotopic (exact) mass is 646 g/mol. The molecule has 3 heterocycles.